The van der Waals surface area contributed by atoms with Gasteiger partial charge in [0, 0.05) is 51.1 Å². The van der Waals surface area contributed by atoms with Gasteiger partial charge in [-0.2, -0.15) is 0 Å². The summed E-state index contributed by atoms with van der Waals surface area (Å²) in [6.45, 7) is 13.1. The molecule has 1 aromatic rings. The van der Waals surface area contributed by atoms with Crippen LogP contribution in [0.3, 0.4) is 0 Å². The fraction of sp³-hybridized carbons (Fsp3) is 0.632. The Kier molecular flexibility index (Phi) is 14.1. The number of methoxy groups -OCH3 is 1. The normalized spacial score (nSPS) is 28.5. The quantitative estimate of drug-likeness (QED) is 0.122. The van der Waals surface area contributed by atoms with E-state index in [1.807, 2.05) is 25.1 Å². The van der Waals surface area contributed by atoms with Crippen LogP contribution in [0.2, 0.25) is 0 Å². The molecule has 14 heteroatoms. The van der Waals surface area contributed by atoms with Crippen LogP contribution in [-0.2, 0) is 38.1 Å². The van der Waals surface area contributed by atoms with Crippen LogP contribution in [0.1, 0.15) is 44.3 Å². The van der Waals surface area contributed by atoms with E-state index in [0.717, 1.165) is 13.1 Å². The van der Waals surface area contributed by atoms with Crippen molar-refractivity contribution in [1.29, 1.82) is 0 Å². The molecule has 2 bridgehead atoms. The predicted octanol–water partition coefficient (Wildman–Crippen LogP) is 2.23. The van der Waals surface area contributed by atoms with Gasteiger partial charge in [-0.25, -0.2) is 0 Å². The number of nitrogens with one attached hydrogen (secondary N) is 1. The van der Waals surface area contributed by atoms with Gasteiger partial charge in [-0.05, 0) is 24.8 Å². The number of hydrogen-bond acceptors (Lipinski definition) is 10. The maximum atomic E-state index is 14.8. The number of rotatable bonds is 19. The smallest absolute Gasteiger partial charge is 0.313 e. The number of hydrogen-bond donors (Lipinski definition) is 2. The molecule has 4 saturated heterocycles. The van der Waals surface area contributed by atoms with Crippen molar-refractivity contribution in [3.8, 4) is 0 Å². The lowest BCUT2D eigenvalue weighted by Crippen LogP contribution is -2.59. The second-order valence-electron chi connectivity index (χ2n) is 13.9. The van der Waals surface area contributed by atoms with Gasteiger partial charge in [-0.15, -0.1) is 13.2 Å². The van der Waals surface area contributed by atoms with Crippen molar-refractivity contribution in [3.05, 3.63) is 61.2 Å². The molecule has 4 heterocycles. The molecule has 9 atom stereocenters. The van der Waals surface area contributed by atoms with Gasteiger partial charge in [0.1, 0.15) is 17.7 Å². The Hall–Kier alpha value is -3.14. The van der Waals surface area contributed by atoms with Gasteiger partial charge in [0.25, 0.3) is 0 Å². The van der Waals surface area contributed by atoms with E-state index in [4.69, 9.17) is 18.9 Å². The molecule has 286 valence electrons. The average molecular weight is 790 g/mol. The lowest BCUT2D eigenvalue weighted by atomic mass is 9.70. The van der Waals surface area contributed by atoms with E-state index in [2.05, 4.69) is 39.3 Å². The Morgan fingerprint density at radius 1 is 1.19 bits per heavy atom. The number of carbonyl (C=O) groups is 4. The molecule has 4 aliphatic rings. The van der Waals surface area contributed by atoms with E-state index in [-0.39, 0.29) is 42.8 Å². The Bertz CT molecular complexity index is 1420. The number of nitrogens with zero attached hydrogens (tertiary/aromatic N) is 3. The molecule has 4 fully saturated rings. The average Bonchev–Trinajstić information content (AvgIpc) is 3.75. The van der Waals surface area contributed by atoms with Crippen LogP contribution >= 0.6 is 15.9 Å². The van der Waals surface area contributed by atoms with E-state index in [9.17, 15) is 24.3 Å². The SMILES string of the molecule is C=CCCC(=O)N[C@H](COC)[C@H](OC(=O)[C@@H]1[C@H]2O[C@@]3(CC2Br)[C@H](C(=O)N(CC=C)CCN2CCOCC2)N([C@@H](CC)CO)C(=O)[C@@H]13)c1ccccc1. The number of aliphatic hydroxyl groups is 1. The number of likely N-dealkylation sites (tertiary alicyclic amines) is 1. The zero-order valence-electron chi connectivity index (χ0n) is 30.2. The van der Waals surface area contributed by atoms with Gasteiger partial charge >= 0.3 is 5.97 Å². The van der Waals surface area contributed by atoms with E-state index < -0.39 is 59.6 Å². The monoisotopic (exact) mass is 788 g/mol. The Morgan fingerprint density at radius 2 is 1.92 bits per heavy atom. The largest absolute Gasteiger partial charge is 0.455 e. The number of ether oxygens (including phenoxy) is 4. The van der Waals surface area contributed by atoms with Crippen LogP contribution in [0.25, 0.3) is 0 Å². The summed E-state index contributed by atoms with van der Waals surface area (Å²) >= 11 is 3.74. The number of benzene rings is 1. The first kappa shape index (κ1) is 40.1. The number of aliphatic hydroxyl groups excluding tert-OH is 1. The summed E-state index contributed by atoms with van der Waals surface area (Å²) < 4.78 is 24.0. The molecule has 0 saturated carbocycles. The van der Waals surface area contributed by atoms with E-state index in [0.29, 0.717) is 51.1 Å². The van der Waals surface area contributed by atoms with Crippen molar-refractivity contribution in [2.45, 2.75) is 73.4 Å². The number of esters is 1. The molecule has 0 aromatic heterocycles. The van der Waals surface area contributed by atoms with E-state index >= 15 is 0 Å². The zero-order chi connectivity index (χ0) is 37.4. The molecule has 2 N–H and O–H groups in total. The van der Waals surface area contributed by atoms with Gasteiger partial charge in [0.15, 0.2) is 0 Å². The number of amides is 3. The molecule has 13 nitrogen and oxygen atoms in total. The van der Waals surface area contributed by atoms with Gasteiger partial charge in [0.2, 0.25) is 17.7 Å². The maximum Gasteiger partial charge on any atom is 0.313 e. The van der Waals surface area contributed by atoms with Crippen molar-refractivity contribution >= 4 is 39.6 Å². The van der Waals surface area contributed by atoms with E-state index in [1.54, 1.807) is 29.2 Å². The highest BCUT2D eigenvalue weighted by molar-refractivity contribution is 9.09. The third kappa shape index (κ3) is 8.17. The molecule has 52 heavy (non-hydrogen) atoms. The third-order valence-electron chi connectivity index (χ3n) is 10.8. The van der Waals surface area contributed by atoms with Gasteiger partial charge in [-0.1, -0.05) is 65.3 Å². The summed E-state index contributed by atoms with van der Waals surface area (Å²) in [5, 5.41) is 13.5. The Labute approximate surface area is 314 Å². The first-order valence-corrected chi connectivity index (χ1v) is 19.2. The summed E-state index contributed by atoms with van der Waals surface area (Å²) in [7, 11) is 1.50. The van der Waals surface area contributed by atoms with Gasteiger partial charge < -0.3 is 39.2 Å². The highest BCUT2D eigenvalue weighted by Crippen LogP contribution is 2.61. The first-order valence-electron chi connectivity index (χ1n) is 18.2. The molecule has 3 amide bonds. The second kappa shape index (κ2) is 18.3. The molecule has 1 unspecified atom stereocenters. The molecule has 4 aliphatic heterocycles. The standard InChI is InChI=1S/C38H53BrN4O9/c1-5-8-14-29(45)40-28(24-49-4)32(25-12-10-9-11-13-25)51-37(48)30-31-35(46)43(26(7-3)23-44)34(38(31)22-27(39)33(30)52-38)36(47)42(15-6-2)17-16-41-18-20-50-21-19-41/h5-6,9-13,26-28,30-34,44H,1-2,7-8,14-24H2,3-4H3,(H,40,45)/t26-,27?,28+,30-,31+,32+,33-,34-,38+/m0/s1. The van der Waals surface area contributed by atoms with Crippen LogP contribution < -0.4 is 5.32 Å². The minimum atomic E-state index is -1.34. The van der Waals surface area contributed by atoms with Gasteiger partial charge in [-0.3, -0.25) is 24.1 Å². The molecule has 1 aromatic carbocycles. The fourth-order valence-electron chi connectivity index (χ4n) is 8.26. The summed E-state index contributed by atoms with van der Waals surface area (Å²) in [5.41, 5.74) is -0.708. The van der Waals surface area contributed by atoms with Crippen LogP contribution in [0.5, 0.6) is 0 Å². The highest BCUT2D eigenvalue weighted by Gasteiger charge is 2.77. The highest BCUT2D eigenvalue weighted by atomic mass is 79.9. The van der Waals surface area contributed by atoms with Crippen molar-refractivity contribution < 1.29 is 43.2 Å². The molecular weight excluding hydrogens is 736 g/mol. The number of morpholine rings is 1. The summed E-state index contributed by atoms with van der Waals surface area (Å²) in [4.78, 5) is 62.0. The van der Waals surface area contributed by atoms with Crippen LogP contribution in [-0.4, -0.2) is 144 Å². The van der Waals surface area contributed by atoms with Crippen LogP contribution in [0.4, 0.5) is 0 Å². The Morgan fingerprint density at radius 3 is 2.56 bits per heavy atom. The lowest BCUT2D eigenvalue weighted by Gasteiger charge is -2.39. The first-order chi connectivity index (χ1) is 25.1. The van der Waals surface area contributed by atoms with Crippen molar-refractivity contribution in [2.75, 3.05) is 66.3 Å². The minimum absolute atomic E-state index is 0.0489. The van der Waals surface area contributed by atoms with Gasteiger partial charge in [0.05, 0.1) is 56.5 Å². The summed E-state index contributed by atoms with van der Waals surface area (Å²) in [6.07, 6.45) is 2.98. The second-order valence-corrected chi connectivity index (χ2v) is 15.1. The van der Waals surface area contributed by atoms with E-state index in [1.165, 1.54) is 12.0 Å². The number of carbonyl (C=O) groups excluding carboxylic acids is 4. The third-order valence-corrected chi connectivity index (χ3v) is 11.6. The molecule has 5 rings (SSSR count). The summed E-state index contributed by atoms with van der Waals surface area (Å²) in [5.74, 6) is -3.75. The molecule has 0 radical (unpaired) electrons. The van der Waals surface area contributed by atoms with Crippen molar-refractivity contribution in [1.82, 2.24) is 20.0 Å². The zero-order valence-corrected chi connectivity index (χ0v) is 31.8. The Balaban J connectivity index is 1.48. The summed E-state index contributed by atoms with van der Waals surface area (Å²) in [6, 6.07) is 6.57. The topological polar surface area (TPSA) is 147 Å². The minimum Gasteiger partial charge on any atom is -0.455 e. The molecular formula is C38H53BrN4O9. The molecule has 0 aliphatic carbocycles. The number of halogens is 1. The van der Waals surface area contributed by atoms with Crippen LogP contribution in [0, 0.1) is 11.8 Å². The number of alkyl halides is 1. The number of allylic oxidation sites excluding steroid dienone is 1. The fourth-order valence-corrected chi connectivity index (χ4v) is 9.20. The lowest BCUT2D eigenvalue weighted by molar-refractivity contribution is -0.163. The number of fused-ring (bicyclic) bond motifs is 1. The predicted molar refractivity (Wildman–Crippen MR) is 196 cm³/mol. The van der Waals surface area contributed by atoms with Crippen molar-refractivity contribution in [3.63, 3.8) is 0 Å². The molecule has 1 spiro atoms. The van der Waals surface area contributed by atoms with Crippen LogP contribution in [0.15, 0.2) is 55.6 Å². The van der Waals surface area contributed by atoms with Crippen molar-refractivity contribution in [2.24, 2.45) is 11.8 Å². The maximum absolute atomic E-state index is 14.8.